The Hall–Kier alpha value is -0.880. The predicted molar refractivity (Wildman–Crippen MR) is 70.3 cm³/mol. The lowest BCUT2D eigenvalue weighted by Crippen LogP contribution is -2.36. The van der Waals surface area contributed by atoms with Crippen molar-refractivity contribution in [3.05, 3.63) is 20.8 Å². The molecule has 2 atom stereocenters. The molecule has 0 aliphatic carbocycles. The van der Waals surface area contributed by atoms with Gasteiger partial charge in [-0.25, -0.2) is 0 Å². The predicted octanol–water partition coefficient (Wildman–Crippen LogP) is 2.59. The smallest absolute Gasteiger partial charge is 0.305 e. The quantitative estimate of drug-likeness (QED) is 0.876. The number of halogens is 1. The standard InChI is InChI=1S/C11H14BrNO3S/c1-6(5-10(14)15)13-11(16)7(2)8-3-4-9(12)17-8/h3-4,6-7H,5H2,1-2H3,(H,13,16)(H,14,15). The minimum absolute atomic E-state index is 0.0629. The SMILES string of the molecule is CC(CC(=O)O)NC(=O)C(C)c1ccc(Br)s1. The molecule has 0 aliphatic heterocycles. The van der Waals surface area contributed by atoms with E-state index in [9.17, 15) is 9.59 Å². The summed E-state index contributed by atoms with van der Waals surface area (Å²) < 4.78 is 0.978. The summed E-state index contributed by atoms with van der Waals surface area (Å²) >= 11 is 4.85. The summed E-state index contributed by atoms with van der Waals surface area (Å²) in [6.45, 7) is 3.49. The highest BCUT2D eigenvalue weighted by Crippen LogP contribution is 2.28. The Morgan fingerprint density at radius 2 is 2.12 bits per heavy atom. The molecule has 0 bridgehead atoms. The number of hydrogen-bond acceptors (Lipinski definition) is 3. The van der Waals surface area contributed by atoms with Crippen molar-refractivity contribution in [1.82, 2.24) is 5.32 Å². The molecule has 6 heteroatoms. The summed E-state index contributed by atoms with van der Waals surface area (Å²) in [6, 6.07) is 3.43. The van der Waals surface area contributed by atoms with Crippen molar-refractivity contribution >= 4 is 39.1 Å². The molecular weight excluding hydrogens is 306 g/mol. The number of carbonyl (C=O) groups is 2. The molecule has 4 nitrogen and oxygen atoms in total. The minimum atomic E-state index is -0.913. The van der Waals surface area contributed by atoms with Crippen molar-refractivity contribution in [3.63, 3.8) is 0 Å². The van der Waals surface area contributed by atoms with Crippen molar-refractivity contribution in [2.75, 3.05) is 0 Å². The molecule has 0 saturated carbocycles. The van der Waals surface area contributed by atoms with Gasteiger partial charge in [0.1, 0.15) is 0 Å². The van der Waals surface area contributed by atoms with Crippen LogP contribution in [0.1, 0.15) is 31.1 Å². The first-order valence-corrected chi connectivity index (χ1v) is 6.78. The normalized spacial score (nSPS) is 14.1. The van der Waals surface area contributed by atoms with E-state index in [4.69, 9.17) is 5.11 Å². The van der Waals surface area contributed by atoms with E-state index in [1.807, 2.05) is 12.1 Å². The van der Waals surface area contributed by atoms with Crippen molar-refractivity contribution in [2.24, 2.45) is 0 Å². The zero-order valence-corrected chi connectivity index (χ0v) is 12.0. The van der Waals surface area contributed by atoms with Crippen LogP contribution in [0.5, 0.6) is 0 Å². The molecule has 2 N–H and O–H groups in total. The zero-order chi connectivity index (χ0) is 13.0. The number of rotatable bonds is 5. The van der Waals surface area contributed by atoms with E-state index in [0.29, 0.717) is 0 Å². The molecule has 0 aliphatic rings. The van der Waals surface area contributed by atoms with Crippen molar-refractivity contribution in [1.29, 1.82) is 0 Å². The molecule has 1 heterocycles. The van der Waals surface area contributed by atoms with E-state index in [1.54, 1.807) is 13.8 Å². The summed E-state index contributed by atoms with van der Waals surface area (Å²) in [7, 11) is 0. The fraction of sp³-hybridized carbons (Fsp3) is 0.455. The van der Waals surface area contributed by atoms with E-state index < -0.39 is 5.97 Å². The van der Waals surface area contributed by atoms with Gasteiger partial charge in [0.15, 0.2) is 0 Å². The van der Waals surface area contributed by atoms with Gasteiger partial charge in [0, 0.05) is 10.9 Å². The second kappa shape index (κ2) is 6.16. The molecule has 0 radical (unpaired) electrons. The molecule has 0 aromatic carbocycles. The molecule has 1 rings (SSSR count). The Bertz CT molecular complexity index is 419. The fourth-order valence-electron chi connectivity index (χ4n) is 1.37. The van der Waals surface area contributed by atoms with Crippen LogP contribution >= 0.6 is 27.3 Å². The average molecular weight is 320 g/mol. The monoisotopic (exact) mass is 319 g/mol. The molecule has 0 fully saturated rings. The van der Waals surface area contributed by atoms with E-state index in [2.05, 4.69) is 21.2 Å². The molecule has 1 amide bonds. The van der Waals surface area contributed by atoms with Crippen LogP contribution in [0.3, 0.4) is 0 Å². The first-order valence-electron chi connectivity index (χ1n) is 5.17. The third-order valence-corrected chi connectivity index (χ3v) is 4.09. The number of carbonyl (C=O) groups excluding carboxylic acids is 1. The lowest BCUT2D eigenvalue weighted by atomic mass is 10.1. The number of hydrogen-bond donors (Lipinski definition) is 2. The Morgan fingerprint density at radius 3 is 2.59 bits per heavy atom. The van der Waals surface area contributed by atoms with Gasteiger partial charge in [0.25, 0.3) is 0 Å². The molecule has 0 saturated heterocycles. The Balaban J connectivity index is 2.55. The third kappa shape index (κ3) is 4.47. The van der Waals surface area contributed by atoms with Crippen LogP contribution in [0, 0.1) is 0 Å². The van der Waals surface area contributed by atoms with Crippen LogP contribution in [-0.2, 0) is 9.59 Å². The molecule has 1 aromatic rings. The van der Waals surface area contributed by atoms with Gasteiger partial charge in [-0.05, 0) is 41.9 Å². The van der Waals surface area contributed by atoms with Crippen molar-refractivity contribution in [2.45, 2.75) is 32.2 Å². The van der Waals surface area contributed by atoms with Gasteiger partial charge in [-0.2, -0.15) is 0 Å². The fourth-order valence-corrected chi connectivity index (χ4v) is 2.85. The van der Waals surface area contributed by atoms with E-state index >= 15 is 0 Å². The number of nitrogens with one attached hydrogen (secondary N) is 1. The van der Waals surface area contributed by atoms with E-state index in [0.717, 1.165) is 8.66 Å². The Kier molecular flexibility index (Phi) is 5.14. The maximum absolute atomic E-state index is 11.8. The second-order valence-corrected chi connectivity index (χ2v) is 6.37. The molecule has 0 spiro atoms. The molecule has 17 heavy (non-hydrogen) atoms. The highest BCUT2D eigenvalue weighted by molar-refractivity contribution is 9.11. The second-order valence-electron chi connectivity index (χ2n) is 3.87. The molecule has 94 valence electrons. The highest BCUT2D eigenvalue weighted by atomic mass is 79.9. The van der Waals surface area contributed by atoms with Crippen LogP contribution in [-0.4, -0.2) is 23.0 Å². The van der Waals surface area contributed by atoms with Gasteiger partial charge in [0.05, 0.1) is 16.1 Å². The molecular formula is C11H14BrNO3S. The summed E-state index contributed by atoms with van der Waals surface area (Å²) in [4.78, 5) is 23.3. The number of carboxylic acids is 1. The summed E-state index contributed by atoms with van der Waals surface area (Å²) in [5.41, 5.74) is 0. The lowest BCUT2D eigenvalue weighted by molar-refractivity contribution is -0.137. The van der Waals surface area contributed by atoms with Crippen molar-refractivity contribution < 1.29 is 14.7 Å². The lowest BCUT2D eigenvalue weighted by Gasteiger charge is -2.15. The van der Waals surface area contributed by atoms with Gasteiger partial charge >= 0.3 is 5.97 Å². The number of carboxylic acid groups (broad SMARTS) is 1. The summed E-state index contributed by atoms with van der Waals surface area (Å²) in [5, 5.41) is 11.3. The van der Waals surface area contributed by atoms with Crippen molar-refractivity contribution in [3.8, 4) is 0 Å². The number of amides is 1. The van der Waals surface area contributed by atoms with E-state index in [-0.39, 0.29) is 24.3 Å². The van der Waals surface area contributed by atoms with Gasteiger partial charge < -0.3 is 10.4 Å². The van der Waals surface area contributed by atoms with E-state index in [1.165, 1.54) is 11.3 Å². The summed E-state index contributed by atoms with van der Waals surface area (Å²) in [6.07, 6.45) is -0.0629. The van der Waals surface area contributed by atoms with Gasteiger partial charge in [-0.3, -0.25) is 9.59 Å². The van der Waals surface area contributed by atoms with Crippen LogP contribution in [0.15, 0.2) is 15.9 Å². The van der Waals surface area contributed by atoms with Crippen LogP contribution in [0.25, 0.3) is 0 Å². The molecule has 2 unspecified atom stereocenters. The van der Waals surface area contributed by atoms with Gasteiger partial charge in [-0.1, -0.05) is 0 Å². The average Bonchev–Trinajstić information content (AvgIpc) is 2.62. The first kappa shape index (κ1) is 14.2. The highest BCUT2D eigenvalue weighted by Gasteiger charge is 2.19. The Morgan fingerprint density at radius 1 is 1.47 bits per heavy atom. The summed E-state index contributed by atoms with van der Waals surface area (Å²) in [5.74, 6) is -1.32. The van der Waals surface area contributed by atoms with Gasteiger partial charge in [0.2, 0.25) is 5.91 Å². The number of aliphatic carboxylic acids is 1. The van der Waals surface area contributed by atoms with Crippen LogP contribution in [0.2, 0.25) is 0 Å². The zero-order valence-electron chi connectivity index (χ0n) is 9.57. The first-order chi connectivity index (χ1) is 7.90. The third-order valence-electron chi connectivity index (χ3n) is 2.28. The largest absolute Gasteiger partial charge is 0.481 e. The van der Waals surface area contributed by atoms with Crippen LogP contribution < -0.4 is 5.32 Å². The topological polar surface area (TPSA) is 66.4 Å². The van der Waals surface area contributed by atoms with Gasteiger partial charge in [-0.15, -0.1) is 11.3 Å². The van der Waals surface area contributed by atoms with Crippen LogP contribution in [0.4, 0.5) is 0 Å². The molecule has 1 aromatic heterocycles. The maximum atomic E-state index is 11.8. The number of thiophene rings is 1. The Labute approximate surface area is 112 Å². The minimum Gasteiger partial charge on any atom is -0.481 e. The maximum Gasteiger partial charge on any atom is 0.305 e.